The summed E-state index contributed by atoms with van der Waals surface area (Å²) < 4.78 is 5.94. The average Bonchev–Trinajstić information content (AvgIpc) is 2.75. The van der Waals surface area contributed by atoms with Crippen molar-refractivity contribution in [2.75, 3.05) is 19.6 Å². The van der Waals surface area contributed by atoms with Crippen molar-refractivity contribution in [2.24, 2.45) is 0 Å². The molecule has 2 heteroatoms. The van der Waals surface area contributed by atoms with Gasteiger partial charge < -0.3 is 4.74 Å². The van der Waals surface area contributed by atoms with E-state index < -0.39 is 0 Å². The smallest absolute Gasteiger partial charge is 0.119 e. The van der Waals surface area contributed by atoms with Gasteiger partial charge in [-0.15, -0.1) is 0 Å². The second-order valence-electron chi connectivity index (χ2n) is 4.50. The molecule has 1 heterocycles. The van der Waals surface area contributed by atoms with Crippen LogP contribution in [0.2, 0.25) is 0 Å². The van der Waals surface area contributed by atoms with Gasteiger partial charge >= 0.3 is 0 Å². The van der Waals surface area contributed by atoms with Crippen LogP contribution < -0.4 is 4.74 Å². The average molecular weight is 219 g/mol. The number of ether oxygens (including phenoxy) is 1. The fourth-order valence-corrected chi connectivity index (χ4v) is 2.17. The second-order valence-corrected chi connectivity index (χ2v) is 4.50. The molecule has 1 aliphatic rings. The number of rotatable bonds is 5. The number of hydrogen-bond acceptors (Lipinski definition) is 2. The van der Waals surface area contributed by atoms with E-state index in [9.17, 15) is 0 Å². The lowest BCUT2D eigenvalue weighted by atomic mass is 10.3. The lowest BCUT2D eigenvalue weighted by Gasteiger charge is -2.16. The fourth-order valence-electron chi connectivity index (χ4n) is 2.17. The number of likely N-dealkylation sites (tertiary alicyclic amines) is 1. The van der Waals surface area contributed by atoms with Crippen LogP contribution in [0, 0.1) is 0 Å². The highest BCUT2D eigenvalue weighted by Gasteiger charge is 2.22. The number of nitrogens with zero attached hydrogens (tertiary/aromatic N) is 1. The van der Waals surface area contributed by atoms with Crippen molar-refractivity contribution in [1.29, 1.82) is 0 Å². The molecule has 2 rings (SSSR count). The van der Waals surface area contributed by atoms with E-state index in [0.29, 0.717) is 6.10 Å². The Morgan fingerprint density at radius 1 is 1.31 bits per heavy atom. The van der Waals surface area contributed by atoms with E-state index in [1.165, 1.54) is 32.4 Å². The molecule has 16 heavy (non-hydrogen) atoms. The van der Waals surface area contributed by atoms with E-state index in [2.05, 4.69) is 11.8 Å². The Labute approximate surface area is 98.2 Å². The van der Waals surface area contributed by atoms with Gasteiger partial charge in [0.1, 0.15) is 11.9 Å². The Balaban J connectivity index is 1.76. The van der Waals surface area contributed by atoms with Crippen molar-refractivity contribution < 1.29 is 4.74 Å². The first-order chi connectivity index (χ1) is 7.88. The summed E-state index contributed by atoms with van der Waals surface area (Å²) in [5.74, 6) is 1.00. The zero-order chi connectivity index (χ0) is 11.2. The van der Waals surface area contributed by atoms with Gasteiger partial charge in [-0.2, -0.15) is 0 Å². The monoisotopic (exact) mass is 219 g/mol. The maximum Gasteiger partial charge on any atom is 0.119 e. The summed E-state index contributed by atoms with van der Waals surface area (Å²) >= 11 is 0. The summed E-state index contributed by atoms with van der Waals surface area (Å²) in [4.78, 5) is 2.51. The molecule has 0 aliphatic carbocycles. The van der Waals surface area contributed by atoms with E-state index in [0.717, 1.165) is 12.3 Å². The number of para-hydroxylation sites is 1. The van der Waals surface area contributed by atoms with Gasteiger partial charge in [0.05, 0.1) is 0 Å². The van der Waals surface area contributed by atoms with Crippen molar-refractivity contribution >= 4 is 0 Å². The first-order valence-electron chi connectivity index (χ1n) is 6.32. The Hall–Kier alpha value is -1.02. The van der Waals surface area contributed by atoms with Gasteiger partial charge in [-0.1, -0.05) is 31.5 Å². The molecule has 0 spiro atoms. The molecule has 88 valence electrons. The van der Waals surface area contributed by atoms with Crippen molar-refractivity contribution in [3.63, 3.8) is 0 Å². The van der Waals surface area contributed by atoms with E-state index in [1.807, 2.05) is 30.3 Å². The third-order valence-corrected chi connectivity index (χ3v) is 3.10. The van der Waals surface area contributed by atoms with Crippen LogP contribution in [0.25, 0.3) is 0 Å². The number of benzene rings is 1. The van der Waals surface area contributed by atoms with E-state index in [4.69, 9.17) is 4.74 Å². The fraction of sp³-hybridized carbons (Fsp3) is 0.571. The largest absolute Gasteiger partial charge is 0.489 e. The topological polar surface area (TPSA) is 12.5 Å². The third kappa shape index (κ3) is 3.24. The minimum atomic E-state index is 0.388. The highest BCUT2D eigenvalue weighted by atomic mass is 16.5. The number of unbranched alkanes of at least 4 members (excludes halogenated alkanes) is 1. The molecule has 0 aromatic heterocycles. The summed E-state index contributed by atoms with van der Waals surface area (Å²) in [6, 6.07) is 10.1. The van der Waals surface area contributed by atoms with Crippen LogP contribution in [0.5, 0.6) is 5.75 Å². The molecule has 1 fully saturated rings. The zero-order valence-corrected chi connectivity index (χ0v) is 10.1. The van der Waals surface area contributed by atoms with Gasteiger partial charge in [0.2, 0.25) is 0 Å². The minimum absolute atomic E-state index is 0.388. The van der Waals surface area contributed by atoms with Crippen LogP contribution in [0.3, 0.4) is 0 Å². The van der Waals surface area contributed by atoms with Crippen molar-refractivity contribution in [3.8, 4) is 5.75 Å². The lowest BCUT2D eigenvalue weighted by Crippen LogP contribution is -2.25. The summed E-state index contributed by atoms with van der Waals surface area (Å²) in [6.07, 6.45) is 4.14. The zero-order valence-electron chi connectivity index (χ0n) is 10.1. The van der Waals surface area contributed by atoms with Gasteiger partial charge in [0, 0.05) is 13.1 Å². The van der Waals surface area contributed by atoms with Gasteiger partial charge in [-0.05, 0) is 31.5 Å². The van der Waals surface area contributed by atoms with Crippen LogP contribution in [0.4, 0.5) is 0 Å². The molecule has 0 N–H and O–H groups in total. The van der Waals surface area contributed by atoms with Crippen LogP contribution in [-0.2, 0) is 0 Å². The molecule has 0 amide bonds. The second kappa shape index (κ2) is 5.90. The van der Waals surface area contributed by atoms with Gasteiger partial charge in [-0.25, -0.2) is 0 Å². The minimum Gasteiger partial charge on any atom is -0.489 e. The van der Waals surface area contributed by atoms with E-state index >= 15 is 0 Å². The maximum atomic E-state index is 5.94. The molecule has 2 nitrogen and oxygen atoms in total. The van der Waals surface area contributed by atoms with Gasteiger partial charge in [-0.3, -0.25) is 4.90 Å². The van der Waals surface area contributed by atoms with E-state index in [-0.39, 0.29) is 0 Å². The van der Waals surface area contributed by atoms with Crippen LogP contribution in [0.1, 0.15) is 26.2 Å². The van der Waals surface area contributed by atoms with Crippen LogP contribution in [-0.4, -0.2) is 30.6 Å². The summed E-state index contributed by atoms with van der Waals surface area (Å²) in [5, 5.41) is 0. The Morgan fingerprint density at radius 2 is 2.12 bits per heavy atom. The summed E-state index contributed by atoms with van der Waals surface area (Å²) in [5.41, 5.74) is 0. The number of hydrogen-bond donors (Lipinski definition) is 0. The SMILES string of the molecule is CCCCN1CCC(Oc2ccccc2)C1. The highest BCUT2D eigenvalue weighted by molar-refractivity contribution is 5.21. The summed E-state index contributed by atoms with van der Waals surface area (Å²) in [7, 11) is 0. The molecule has 1 aliphatic heterocycles. The molecule has 0 radical (unpaired) electrons. The first kappa shape index (κ1) is 11.5. The Kier molecular flexibility index (Phi) is 4.23. The van der Waals surface area contributed by atoms with Crippen molar-refractivity contribution in [2.45, 2.75) is 32.3 Å². The molecule has 0 bridgehead atoms. The third-order valence-electron chi connectivity index (χ3n) is 3.10. The van der Waals surface area contributed by atoms with Gasteiger partial charge in [0.15, 0.2) is 0 Å². The molecule has 1 aromatic rings. The normalized spacial score (nSPS) is 21.2. The molecule has 0 saturated carbocycles. The predicted molar refractivity (Wildman–Crippen MR) is 66.8 cm³/mol. The predicted octanol–water partition coefficient (Wildman–Crippen LogP) is 2.94. The molecule has 1 saturated heterocycles. The molecule has 1 atom stereocenters. The Morgan fingerprint density at radius 3 is 2.88 bits per heavy atom. The lowest BCUT2D eigenvalue weighted by molar-refractivity contribution is 0.199. The van der Waals surface area contributed by atoms with Crippen LogP contribution in [0.15, 0.2) is 30.3 Å². The van der Waals surface area contributed by atoms with Gasteiger partial charge in [0.25, 0.3) is 0 Å². The first-order valence-corrected chi connectivity index (χ1v) is 6.32. The molecule has 1 unspecified atom stereocenters. The highest BCUT2D eigenvalue weighted by Crippen LogP contribution is 2.18. The van der Waals surface area contributed by atoms with Crippen molar-refractivity contribution in [1.82, 2.24) is 4.90 Å². The quantitative estimate of drug-likeness (QED) is 0.755. The standard InChI is InChI=1S/C14H21NO/c1-2-3-10-15-11-9-14(12-15)16-13-7-5-4-6-8-13/h4-8,14H,2-3,9-12H2,1H3. The Bertz CT molecular complexity index is 299. The maximum absolute atomic E-state index is 5.94. The van der Waals surface area contributed by atoms with Crippen molar-refractivity contribution in [3.05, 3.63) is 30.3 Å². The molecular weight excluding hydrogens is 198 g/mol. The van der Waals surface area contributed by atoms with Crippen LogP contribution >= 0.6 is 0 Å². The molecule has 1 aromatic carbocycles. The summed E-state index contributed by atoms with van der Waals surface area (Å²) in [6.45, 7) is 5.76. The molecular formula is C14H21NO. The van der Waals surface area contributed by atoms with E-state index in [1.54, 1.807) is 0 Å².